The number of benzene rings is 1. The Kier molecular flexibility index (Phi) is 5.63. The molecular weight excluding hydrogens is 228 g/mol. The minimum Gasteiger partial charge on any atom is -0.497 e. The summed E-state index contributed by atoms with van der Waals surface area (Å²) in [7, 11) is 3.37. The van der Waals surface area contributed by atoms with Gasteiger partial charge in [0.1, 0.15) is 5.75 Å². The molecule has 3 heteroatoms. The van der Waals surface area contributed by atoms with Crippen LogP contribution in [0.25, 0.3) is 0 Å². The molecule has 1 rings (SSSR count). The molecule has 0 radical (unpaired) electrons. The van der Waals surface area contributed by atoms with E-state index >= 15 is 0 Å². The lowest BCUT2D eigenvalue weighted by Gasteiger charge is -2.21. The Hall–Kier alpha value is -1.06. The summed E-state index contributed by atoms with van der Waals surface area (Å²) in [6, 6.07) is 6.27. The molecular formula is C15H24O3. The molecule has 0 aliphatic carbocycles. The van der Waals surface area contributed by atoms with Crippen LogP contribution in [0.15, 0.2) is 18.2 Å². The SMILES string of the molecule is COCCOCc1cc(OC)cc(C(C)(C)C)c1. The molecule has 0 aliphatic heterocycles. The fourth-order valence-corrected chi connectivity index (χ4v) is 1.63. The summed E-state index contributed by atoms with van der Waals surface area (Å²) in [6.07, 6.45) is 0. The quantitative estimate of drug-likeness (QED) is 0.728. The van der Waals surface area contributed by atoms with E-state index < -0.39 is 0 Å². The average Bonchev–Trinajstić information content (AvgIpc) is 2.33. The maximum atomic E-state index is 5.55. The Morgan fingerprint density at radius 1 is 1.00 bits per heavy atom. The van der Waals surface area contributed by atoms with Gasteiger partial charge in [-0.1, -0.05) is 26.8 Å². The summed E-state index contributed by atoms with van der Waals surface area (Å²) in [5.41, 5.74) is 2.50. The van der Waals surface area contributed by atoms with Gasteiger partial charge in [0.2, 0.25) is 0 Å². The third-order valence-electron chi connectivity index (χ3n) is 2.77. The van der Waals surface area contributed by atoms with Gasteiger partial charge in [0.25, 0.3) is 0 Å². The second-order valence-corrected chi connectivity index (χ2v) is 5.37. The van der Waals surface area contributed by atoms with Crippen molar-refractivity contribution in [3.63, 3.8) is 0 Å². The molecule has 0 spiro atoms. The zero-order valence-electron chi connectivity index (χ0n) is 12.1. The molecule has 0 amide bonds. The maximum absolute atomic E-state index is 5.55. The Bertz CT molecular complexity index is 366. The molecule has 0 unspecified atom stereocenters. The van der Waals surface area contributed by atoms with Gasteiger partial charge in [0.15, 0.2) is 0 Å². The van der Waals surface area contributed by atoms with Crippen molar-refractivity contribution in [2.75, 3.05) is 27.4 Å². The van der Waals surface area contributed by atoms with Crippen molar-refractivity contribution in [2.24, 2.45) is 0 Å². The van der Waals surface area contributed by atoms with Crippen LogP contribution in [0.1, 0.15) is 31.9 Å². The maximum Gasteiger partial charge on any atom is 0.119 e. The molecule has 1 aromatic carbocycles. The van der Waals surface area contributed by atoms with Crippen LogP contribution in [-0.2, 0) is 21.5 Å². The summed E-state index contributed by atoms with van der Waals surface area (Å²) in [5.74, 6) is 0.882. The molecule has 1 aromatic rings. The van der Waals surface area contributed by atoms with Gasteiger partial charge in [-0.05, 0) is 28.7 Å². The highest BCUT2D eigenvalue weighted by molar-refractivity contribution is 5.37. The fourth-order valence-electron chi connectivity index (χ4n) is 1.63. The second-order valence-electron chi connectivity index (χ2n) is 5.37. The zero-order chi connectivity index (χ0) is 13.6. The van der Waals surface area contributed by atoms with Gasteiger partial charge >= 0.3 is 0 Å². The molecule has 0 N–H and O–H groups in total. The van der Waals surface area contributed by atoms with E-state index in [2.05, 4.69) is 32.9 Å². The van der Waals surface area contributed by atoms with Crippen LogP contribution in [0.2, 0.25) is 0 Å². The van der Waals surface area contributed by atoms with Crippen molar-refractivity contribution in [3.05, 3.63) is 29.3 Å². The number of rotatable bonds is 6. The molecule has 0 aliphatic rings. The van der Waals surface area contributed by atoms with Crippen LogP contribution in [-0.4, -0.2) is 27.4 Å². The third kappa shape index (κ3) is 4.67. The molecule has 0 atom stereocenters. The van der Waals surface area contributed by atoms with Gasteiger partial charge in [-0.15, -0.1) is 0 Å². The fraction of sp³-hybridized carbons (Fsp3) is 0.600. The van der Waals surface area contributed by atoms with Gasteiger partial charge in [0, 0.05) is 7.11 Å². The lowest BCUT2D eigenvalue weighted by molar-refractivity contribution is 0.0615. The summed E-state index contributed by atoms with van der Waals surface area (Å²) in [6.45, 7) is 8.39. The largest absolute Gasteiger partial charge is 0.497 e. The molecule has 0 saturated heterocycles. The number of hydrogen-bond donors (Lipinski definition) is 0. The number of methoxy groups -OCH3 is 2. The van der Waals surface area contributed by atoms with Crippen LogP contribution in [0.3, 0.4) is 0 Å². The molecule has 102 valence electrons. The van der Waals surface area contributed by atoms with Crippen molar-refractivity contribution in [1.82, 2.24) is 0 Å². The van der Waals surface area contributed by atoms with Crippen molar-refractivity contribution in [3.8, 4) is 5.75 Å². The van der Waals surface area contributed by atoms with Crippen LogP contribution in [0, 0.1) is 0 Å². The molecule has 0 saturated carbocycles. The van der Waals surface area contributed by atoms with Crippen molar-refractivity contribution < 1.29 is 14.2 Å². The monoisotopic (exact) mass is 252 g/mol. The van der Waals surface area contributed by atoms with E-state index in [1.54, 1.807) is 14.2 Å². The normalized spacial score (nSPS) is 11.6. The molecule has 0 bridgehead atoms. The van der Waals surface area contributed by atoms with Gasteiger partial charge in [-0.3, -0.25) is 0 Å². The highest BCUT2D eigenvalue weighted by atomic mass is 16.5. The van der Waals surface area contributed by atoms with Gasteiger partial charge in [-0.25, -0.2) is 0 Å². The van der Waals surface area contributed by atoms with Crippen LogP contribution < -0.4 is 4.74 Å². The van der Waals surface area contributed by atoms with Crippen molar-refractivity contribution >= 4 is 0 Å². The van der Waals surface area contributed by atoms with Crippen LogP contribution in [0.4, 0.5) is 0 Å². The predicted octanol–water partition coefficient (Wildman–Crippen LogP) is 3.16. The van der Waals surface area contributed by atoms with Crippen LogP contribution in [0.5, 0.6) is 5.75 Å². The number of hydrogen-bond acceptors (Lipinski definition) is 3. The predicted molar refractivity (Wildman–Crippen MR) is 73.2 cm³/mol. The first-order chi connectivity index (χ1) is 8.47. The van der Waals surface area contributed by atoms with Crippen molar-refractivity contribution in [1.29, 1.82) is 0 Å². The number of ether oxygens (including phenoxy) is 3. The van der Waals surface area contributed by atoms with Gasteiger partial charge < -0.3 is 14.2 Å². The summed E-state index contributed by atoms with van der Waals surface area (Å²) in [4.78, 5) is 0. The van der Waals surface area contributed by atoms with Crippen molar-refractivity contribution in [2.45, 2.75) is 32.8 Å². The van der Waals surface area contributed by atoms with Crippen LogP contribution >= 0.6 is 0 Å². The molecule has 3 nitrogen and oxygen atoms in total. The summed E-state index contributed by atoms with van der Waals surface area (Å²) >= 11 is 0. The lowest BCUT2D eigenvalue weighted by atomic mass is 9.86. The van der Waals surface area contributed by atoms with E-state index in [9.17, 15) is 0 Å². The topological polar surface area (TPSA) is 27.7 Å². The zero-order valence-corrected chi connectivity index (χ0v) is 12.1. The minimum atomic E-state index is 0.107. The molecule has 18 heavy (non-hydrogen) atoms. The Morgan fingerprint density at radius 2 is 1.72 bits per heavy atom. The average molecular weight is 252 g/mol. The first-order valence-corrected chi connectivity index (χ1v) is 6.22. The van der Waals surface area contributed by atoms with E-state index in [-0.39, 0.29) is 5.41 Å². The first-order valence-electron chi connectivity index (χ1n) is 6.22. The summed E-state index contributed by atoms with van der Waals surface area (Å²) in [5, 5.41) is 0. The highest BCUT2D eigenvalue weighted by Crippen LogP contribution is 2.27. The van der Waals surface area contributed by atoms with Gasteiger partial charge in [-0.2, -0.15) is 0 Å². The Balaban J connectivity index is 2.78. The molecule has 0 aromatic heterocycles. The minimum absolute atomic E-state index is 0.107. The lowest BCUT2D eigenvalue weighted by Crippen LogP contribution is -2.12. The third-order valence-corrected chi connectivity index (χ3v) is 2.77. The first kappa shape index (κ1) is 15.0. The molecule has 0 fully saturated rings. The van der Waals surface area contributed by atoms with E-state index in [1.165, 1.54) is 5.56 Å². The Labute approximate surface area is 110 Å². The van der Waals surface area contributed by atoms with E-state index in [0.717, 1.165) is 11.3 Å². The van der Waals surface area contributed by atoms with E-state index in [0.29, 0.717) is 19.8 Å². The molecule has 0 heterocycles. The smallest absolute Gasteiger partial charge is 0.119 e. The van der Waals surface area contributed by atoms with E-state index in [4.69, 9.17) is 14.2 Å². The second kappa shape index (κ2) is 6.76. The highest BCUT2D eigenvalue weighted by Gasteiger charge is 2.15. The van der Waals surface area contributed by atoms with Gasteiger partial charge in [0.05, 0.1) is 26.9 Å². The Morgan fingerprint density at radius 3 is 2.28 bits per heavy atom. The van der Waals surface area contributed by atoms with E-state index in [1.807, 2.05) is 6.07 Å². The standard InChI is InChI=1S/C15H24O3/c1-15(2,3)13-8-12(9-14(10-13)17-5)11-18-7-6-16-4/h8-10H,6-7,11H2,1-5H3. The summed E-state index contributed by atoms with van der Waals surface area (Å²) < 4.78 is 15.8.